The van der Waals surface area contributed by atoms with Gasteiger partial charge in [-0.25, -0.2) is 9.97 Å². The number of nitrogens with zero attached hydrogens (tertiary/aromatic N) is 5. The van der Waals surface area contributed by atoms with Crippen LogP contribution in [0.5, 0.6) is 0 Å². The maximum Gasteiger partial charge on any atom is 0.225 e. The maximum absolute atomic E-state index is 9.16. The van der Waals surface area contributed by atoms with Gasteiger partial charge in [0.2, 0.25) is 5.95 Å². The number of benzene rings is 1. The lowest BCUT2D eigenvalue weighted by Gasteiger charge is -2.30. The molecule has 4 rings (SSSR count). The van der Waals surface area contributed by atoms with E-state index in [0.717, 1.165) is 59.7 Å². The van der Waals surface area contributed by atoms with Gasteiger partial charge in [-0.1, -0.05) is 12.1 Å². The minimum absolute atomic E-state index is 0.375. The molecule has 0 saturated heterocycles. The average molecular weight is 448 g/mol. The molecule has 0 radical (unpaired) electrons. The number of nitriles is 1. The second-order valence-corrected chi connectivity index (χ2v) is 9.12. The fourth-order valence-electron chi connectivity index (χ4n) is 4.16. The molecule has 166 valence electrons. The molecule has 2 aromatic heterocycles. The third-order valence-electron chi connectivity index (χ3n) is 5.87. The summed E-state index contributed by atoms with van der Waals surface area (Å²) in [6.45, 7) is 0.724. The summed E-state index contributed by atoms with van der Waals surface area (Å²) in [5.74, 6) is 1.64. The van der Waals surface area contributed by atoms with Gasteiger partial charge >= 0.3 is 0 Å². The molecule has 1 aliphatic carbocycles. The number of hydrogen-bond donors (Lipinski definition) is 2. The van der Waals surface area contributed by atoms with Gasteiger partial charge < -0.3 is 15.5 Å². The monoisotopic (exact) mass is 447 g/mol. The summed E-state index contributed by atoms with van der Waals surface area (Å²) in [5.41, 5.74) is 2.58. The largest absolute Gasteiger partial charge is 0.362 e. The Morgan fingerprint density at radius 2 is 1.78 bits per heavy atom. The Kier molecular flexibility index (Phi) is 7.08. The summed E-state index contributed by atoms with van der Waals surface area (Å²) in [6, 6.07) is 15.0. The van der Waals surface area contributed by atoms with E-state index in [4.69, 9.17) is 15.2 Å². The lowest BCUT2D eigenvalue weighted by atomic mass is 9.91. The summed E-state index contributed by atoms with van der Waals surface area (Å²) < 4.78 is 0. The molecule has 2 heterocycles. The van der Waals surface area contributed by atoms with Gasteiger partial charge in [-0.15, -0.1) is 11.8 Å². The molecule has 3 aromatic rings. The minimum Gasteiger partial charge on any atom is -0.362 e. The molecular formula is C24H29N7S. The van der Waals surface area contributed by atoms with Gasteiger partial charge in [0.05, 0.1) is 16.8 Å². The van der Waals surface area contributed by atoms with Gasteiger partial charge in [-0.3, -0.25) is 0 Å². The van der Waals surface area contributed by atoms with Crippen LogP contribution in [-0.2, 0) is 6.54 Å². The third-order valence-corrected chi connectivity index (χ3v) is 6.57. The fraction of sp³-hybridized carbons (Fsp3) is 0.417. The van der Waals surface area contributed by atoms with Gasteiger partial charge in [0.15, 0.2) is 0 Å². The van der Waals surface area contributed by atoms with Crippen LogP contribution in [0.15, 0.2) is 41.4 Å². The average Bonchev–Trinajstić information content (AvgIpc) is 2.82. The molecule has 32 heavy (non-hydrogen) atoms. The summed E-state index contributed by atoms with van der Waals surface area (Å²) in [6.07, 6.45) is 6.29. The smallest absolute Gasteiger partial charge is 0.225 e. The predicted molar refractivity (Wildman–Crippen MR) is 131 cm³/mol. The molecule has 0 atom stereocenters. The molecule has 0 unspecified atom stereocenters. The zero-order valence-electron chi connectivity index (χ0n) is 18.8. The second-order valence-electron chi connectivity index (χ2n) is 8.33. The first-order chi connectivity index (χ1) is 15.6. The quantitative estimate of drug-likeness (QED) is 0.521. The van der Waals surface area contributed by atoms with Crippen LogP contribution in [0.3, 0.4) is 0 Å². The van der Waals surface area contributed by atoms with Crippen LogP contribution in [-0.4, -0.2) is 47.4 Å². The van der Waals surface area contributed by atoms with Crippen LogP contribution in [0.25, 0.3) is 10.9 Å². The first-order valence-corrected chi connectivity index (χ1v) is 12.2. The lowest BCUT2D eigenvalue weighted by molar-refractivity contribution is 0.351. The van der Waals surface area contributed by atoms with Crippen LogP contribution in [0.2, 0.25) is 0 Å². The number of rotatable bonds is 7. The van der Waals surface area contributed by atoms with Gasteiger partial charge in [0.25, 0.3) is 0 Å². The van der Waals surface area contributed by atoms with Crippen molar-refractivity contribution in [2.45, 2.75) is 49.3 Å². The van der Waals surface area contributed by atoms with Crippen LogP contribution in [0.1, 0.15) is 36.9 Å². The Balaban J connectivity index is 1.33. The summed E-state index contributed by atoms with van der Waals surface area (Å²) in [4.78, 5) is 16.2. The number of fused-ring (bicyclic) bond motifs is 1. The first-order valence-electron chi connectivity index (χ1n) is 11.0. The van der Waals surface area contributed by atoms with E-state index in [2.05, 4.69) is 27.8 Å². The molecule has 0 aliphatic heterocycles. The van der Waals surface area contributed by atoms with Crippen molar-refractivity contribution in [2.24, 2.45) is 0 Å². The van der Waals surface area contributed by atoms with E-state index < -0.39 is 0 Å². The fourth-order valence-corrected chi connectivity index (χ4v) is 4.70. The van der Waals surface area contributed by atoms with Gasteiger partial charge in [0, 0.05) is 38.1 Å². The SMILES string of the molecule is CSc1nc(CN[C@H]2CC[C@@H](Nc3nc(N(C)C)c4ccccc4n3)CC2)ccc1C#N. The minimum atomic E-state index is 0.375. The summed E-state index contributed by atoms with van der Waals surface area (Å²) >= 11 is 1.52. The Morgan fingerprint density at radius 1 is 1.03 bits per heavy atom. The number of pyridine rings is 1. The lowest BCUT2D eigenvalue weighted by Crippen LogP contribution is -2.37. The topological polar surface area (TPSA) is 89.8 Å². The zero-order chi connectivity index (χ0) is 22.5. The molecule has 0 spiro atoms. The number of nitrogens with one attached hydrogen (secondary N) is 2. The van der Waals surface area contributed by atoms with Crippen molar-refractivity contribution >= 4 is 34.4 Å². The highest BCUT2D eigenvalue weighted by atomic mass is 32.2. The van der Waals surface area contributed by atoms with E-state index >= 15 is 0 Å². The van der Waals surface area contributed by atoms with E-state index in [0.29, 0.717) is 23.6 Å². The first kappa shape index (κ1) is 22.3. The number of hydrogen-bond acceptors (Lipinski definition) is 8. The van der Waals surface area contributed by atoms with Crippen LogP contribution < -0.4 is 15.5 Å². The van der Waals surface area contributed by atoms with E-state index in [1.54, 1.807) is 0 Å². The van der Waals surface area contributed by atoms with Crippen molar-refractivity contribution in [1.29, 1.82) is 5.26 Å². The molecule has 1 aliphatic rings. The molecule has 1 saturated carbocycles. The summed E-state index contributed by atoms with van der Waals surface area (Å²) in [7, 11) is 4.03. The van der Waals surface area contributed by atoms with Crippen molar-refractivity contribution < 1.29 is 0 Å². The van der Waals surface area contributed by atoms with Gasteiger partial charge in [-0.05, 0) is 56.2 Å². The van der Waals surface area contributed by atoms with Crippen molar-refractivity contribution in [3.8, 4) is 6.07 Å². The van der Waals surface area contributed by atoms with Crippen molar-refractivity contribution in [2.75, 3.05) is 30.6 Å². The standard InChI is InChI=1S/C24H29N7S/c1-31(2)22-20-6-4-5-7-21(20)29-24(30-22)28-18-12-10-17(11-13-18)26-15-19-9-8-16(14-25)23(27-19)32-3/h4-9,17-18,26H,10-13,15H2,1-3H3,(H,28,29,30)/t17-,18+. The van der Waals surface area contributed by atoms with Gasteiger partial charge in [0.1, 0.15) is 16.9 Å². The highest BCUT2D eigenvalue weighted by Gasteiger charge is 2.22. The van der Waals surface area contributed by atoms with E-state index in [9.17, 15) is 0 Å². The summed E-state index contributed by atoms with van der Waals surface area (Å²) in [5, 5.41) is 18.2. The normalized spacial score (nSPS) is 18.3. The molecular weight excluding hydrogens is 418 g/mol. The Hall–Kier alpha value is -2.89. The number of thioether (sulfide) groups is 1. The zero-order valence-corrected chi connectivity index (χ0v) is 19.6. The maximum atomic E-state index is 9.16. The van der Waals surface area contributed by atoms with Crippen LogP contribution in [0, 0.1) is 11.3 Å². The van der Waals surface area contributed by atoms with E-state index in [1.807, 2.05) is 55.6 Å². The Morgan fingerprint density at radius 3 is 2.50 bits per heavy atom. The predicted octanol–water partition coefficient (Wildman–Crippen LogP) is 4.20. The van der Waals surface area contributed by atoms with Crippen molar-refractivity contribution in [3.63, 3.8) is 0 Å². The molecule has 1 fully saturated rings. The second kappa shape index (κ2) is 10.2. The highest BCUT2D eigenvalue weighted by Crippen LogP contribution is 2.26. The number of para-hydroxylation sites is 1. The van der Waals surface area contributed by atoms with Crippen LogP contribution >= 0.6 is 11.8 Å². The molecule has 8 heteroatoms. The molecule has 2 N–H and O–H groups in total. The van der Waals surface area contributed by atoms with Crippen molar-refractivity contribution in [1.82, 2.24) is 20.3 Å². The Labute approximate surface area is 193 Å². The van der Waals surface area contributed by atoms with E-state index in [1.165, 1.54) is 11.8 Å². The van der Waals surface area contributed by atoms with Crippen LogP contribution in [0.4, 0.5) is 11.8 Å². The number of aromatic nitrogens is 3. The number of anilines is 2. The molecule has 0 bridgehead atoms. The van der Waals surface area contributed by atoms with Gasteiger partial charge in [-0.2, -0.15) is 10.2 Å². The molecule has 1 aromatic carbocycles. The third kappa shape index (κ3) is 5.12. The molecule has 0 amide bonds. The van der Waals surface area contributed by atoms with E-state index in [-0.39, 0.29) is 0 Å². The highest BCUT2D eigenvalue weighted by molar-refractivity contribution is 7.98. The molecule has 7 nitrogen and oxygen atoms in total. The Bertz CT molecular complexity index is 1120. The van der Waals surface area contributed by atoms with Crippen molar-refractivity contribution in [3.05, 3.63) is 47.7 Å².